The third-order valence-corrected chi connectivity index (χ3v) is 4.24. The molecule has 2 aromatic rings. The summed E-state index contributed by atoms with van der Waals surface area (Å²) in [5, 5.41) is 3.51. The Balaban J connectivity index is 1.68. The Morgan fingerprint density at radius 1 is 1.19 bits per heavy atom. The molecule has 0 spiro atoms. The number of ether oxygens (including phenoxy) is 3. The fourth-order valence-electron chi connectivity index (χ4n) is 2.87. The zero-order valence-electron chi connectivity index (χ0n) is 14.3. The average molecular weight is 353 g/mol. The lowest BCUT2D eigenvalue weighted by Gasteiger charge is -2.17. The Morgan fingerprint density at radius 3 is 2.54 bits per heavy atom. The lowest BCUT2D eigenvalue weighted by Crippen LogP contribution is -2.29. The summed E-state index contributed by atoms with van der Waals surface area (Å²) in [5.41, 5.74) is 11.0. The molecule has 2 aromatic carbocycles. The largest absolute Gasteiger partial charge is 0.456 e. The molecule has 1 aliphatic rings. The van der Waals surface area contributed by atoms with E-state index < -0.39 is 24.5 Å². The topological polar surface area (TPSA) is 93.5 Å². The van der Waals surface area contributed by atoms with Gasteiger partial charge in [0, 0.05) is 18.4 Å². The lowest BCUT2D eigenvalue weighted by molar-refractivity contribution is -0.115. The van der Waals surface area contributed by atoms with Crippen LogP contribution in [0.5, 0.6) is 0 Å². The second-order valence-electron chi connectivity index (χ2n) is 5.88. The van der Waals surface area contributed by atoms with E-state index in [1.807, 2.05) is 42.5 Å². The van der Waals surface area contributed by atoms with Crippen LogP contribution >= 0.6 is 0 Å². The van der Waals surface area contributed by atoms with Crippen LogP contribution in [0.3, 0.4) is 0 Å². The summed E-state index contributed by atoms with van der Waals surface area (Å²) >= 11 is 0. The van der Waals surface area contributed by atoms with Gasteiger partial charge in [-0.05, 0) is 28.8 Å². The maximum Gasteiger partial charge on any atom is 0.338 e. The van der Waals surface area contributed by atoms with Gasteiger partial charge in [-0.2, -0.15) is 0 Å². The molecule has 1 heterocycles. The Labute approximate surface area is 151 Å². The van der Waals surface area contributed by atoms with Gasteiger partial charge in [-0.3, -0.25) is 0 Å². The van der Waals surface area contributed by atoms with E-state index in [4.69, 9.17) is 19.7 Å². The van der Waals surface area contributed by atoms with E-state index in [9.17, 15) is 4.79 Å². The van der Waals surface area contributed by atoms with Crippen molar-refractivity contribution in [1.82, 2.24) is 0 Å². The van der Waals surface area contributed by atoms with Crippen molar-refractivity contribution in [2.75, 3.05) is 13.7 Å². The number of carbonyl (C=O) groups is 1. The van der Waals surface area contributed by atoms with E-state index in [0.717, 1.165) is 11.1 Å². The quantitative estimate of drug-likeness (QED) is 0.340. The maximum absolute atomic E-state index is 12.4. The monoisotopic (exact) mass is 353 g/mol. The molecule has 7 nitrogen and oxygen atoms in total. The van der Waals surface area contributed by atoms with E-state index in [0.29, 0.717) is 12.0 Å². The van der Waals surface area contributed by atoms with E-state index >= 15 is 0 Å². The van der Waals surface area contributed by atoms with Crippen molar-refractivity contribution >= 4 is 5.97 Å². The maximum atomic E-state index is 12.4. The third-order valence-electron chi connectivity index (χ3n) is 4.24. The summed E-state index contributed by atoms with van der Waals surface area (Å²) in [4.78, 5) is 15.2. The Morgan fingerprint density at radius 2 is 1.88 bits per heavy atom. The van der Waals surface area contributed by atoms with Crippen molar-refractivity contribution in [3.8, 4) is 11.1 Å². The highest BCUT2D eigenvalue weighted by molar-refractivity contribution is 5.90. The molecule has 1 fully saturated rings. The molecule has 0 saturated carbocycles. The summed E-state index contributed by atoms with van der Waals surface area (Å²) in [7, 11) is 1.52. The van der Waals surface area contributed by atoms with Crippen molar-refractivity contribution in [2.45, 2.75) is 24.9 Å². The smallest absolute Gasteiger partial charge is 0.338 e. The SMILES string of the molecule is CO[C@H]1C[C@@H](OC(=O)c2ccc(-c3ccccc3)cc2)[C@@H](CN=[N+]=[N-])O1. The van der Waals surface area contributed by atoms with Crippen molar-refractivity contribution in [3.05, 3.63) is 70.6 Å². The third kappa shape index (κ3) is 4.21. The van der Waals surface area contributed by atoms with Gasteiger partial charge < -0.3 is 14.2 Å². The van der Waals surface area contributed by atoms with Gasteiger partial charge in [0.25, 0.3) is 0 Å². The highest BCUT2D eigenvalue weighted by atomic mass is 16.7. The summed E-state index contributed by atoms with van der Waals surface area (Å²) < 4.78 is 16.3. The zero-order chi connectivity index (χ0) is 18.4. The van der Waals surface area contributed by atoms with Crippen LogP contribution in [0.4, 0.5) is 0 Å². The first-order valence-electron chi connectivity index (χ1n) is 8.27. The van der Waals surface area contributed by atoms with Gasteiger partial charge in [0.05, 0.1) is 12.1 Å². The van der Waals surface area contributed by atoms with E-state index in [2.05, 4.69) is 10.0 Å². The van der Waals surface area contributed by atoms with Crippen LogP contribution in [0.1, 0.15) is 16.8 Å². The Hall–Kier alpha value is -2.86. The van der Waals surface area contributed by atoms with Gasteiger partial charge in [0.15, 0.2) is 6.29 Å². The van der Waals surface area contributed by atoms with Crippen LogP contribution in [-0.2, 0) is 14.2 Å². The van der Waals surface area contributed by atoms with Crippen molar-refractivity contribution in [2.24, 2.45) is 5.11 Å². The molecule has 1 aliphatic heterocycles. The lowest BCUT2D eigenvalue weighted by atomic mass is 10.0. The van der Waals surface area contributed by atoms with E-state index in [1.54, 1.807) is 12.1 Å². The van der Waals surface area contributed by atoms with Crippen LogP contribution in [0, 0.1) is 0 Å². The number of carbonyl (C=O) groups excluding carboxylic acids is 1. The molecule has 0 N–H and O–H groups in total. The second-order valence-corrected chi connectivity index (χ2v) is 5.88. The fourth-order valence-corrected chi connectivity index (χ4v) is 2.87. The molecule has 0 aromatic heterocycles. The predicted molar refractivity (Wildman–Crippen MR) is 95.4 cm³/mol. The number of esters is 1. The first-order valence-corrected chi connectivity index (χ1v) is 8.27. The normalized spacial score (nSPS) is 21.8. The van der Waals surface area contributed by atoms with Crippen LogP contribution in [-0.4, -0.2) is 38.1 Å². The molecule has 0 aliphatic carbocycles. The molecule has 0 radical (unpaired) electrons. The Bertz CT molecular complexity index is 788. The molecule has 0 amide bonds. The number of rotatable bonds is 6. The van der Waals surface area contributed by atoms with Crippen LogP contribution in [0.25, 0.3) is 21.6 Å². The van der Waals surface area contributed by atoms with Crippen LogP contribution < -0.4 is 0 Å². The summed E-state index contributed by atoms with van der Waals surface area (Å²) in [5.74, 6) is -0.444. The van der Waals surface area contributed by atoms with Crippen molar-refractivity contribution in [1.29, 1.82) is 0 Å². The number of nitrogens with zero attached hydrogens (tertiary/aromatic N) is 3. The van der Waals surface area contributed by atoms with Gasteiger partial charge in [-0.15, -0.1) is 0 Å². The number of azide groups is 1. The number of hydrogen-bond donors (Lipinski definition) is 0. The van der Waals surface area contributed by atoms with Gasteiger partial charge in [0.1, 0.15) is 12.2 Å². The highest BCUT2D eigenvalue weighted by Crippen LogP contribution is 2.26. The van der Waals surface area contributed by atoms with Gasteiger partial charge >= 0.3 is 5.97 Å². The van der Waals surface area contributed by atoms with E-state index in [1.165, 1.54) is 7.11 Å². The molecule has 1 saturated heterocycles. The van der Waals surface area contributed by atoms with E-state index in [-0.39, 0.29) is 6.54 Å². The molecule has 0 bridgehead atoms. The number of hydrogen-bond acceptors (Lipinski definition) is 5. The molecule has 26 heavy (non-hydrogen) atoms. The fraction of sp³-hybridized carbons (Fsp3) is 0.316. The molecular weight excluding hydrogens is 334 g/mol. The van der Waals surface area contributed by atoms with Crippen molar-refractivity contribution < 1.29 is 19.0 Å². The minimum atomic E-state index is -0.522. The van der Waals surface area contributed by atoms with Crippen LogP contribution in [0.15, 0.2) is 59.7 Å². The molecule has 3 atom stereocenters. The zero-order valence-corrected chi connectivity index (χ0v) is 14.3. The van der Waals surface area contributed by atoms with Gasteiger partial charge in [0.2, 0.25) is 0 Å². The average Bonchev–Trinajstić information content (AvgIpc) is 3.09. The number of methoxy groups -OCH3 is 1. The molecule has 134 valence electrons. The number of benzene rings is 2. The minimum absolute atomic E-state index is 0.0846. The summed E-state index contributed by atoms with van der Waals surface area (Å²) in [6.07, 6.45) is -1.11. The van der Waals surface area contributed by atoms with Gasteiger partial charge in [-0.1, -0.05) is 47.6 Å². The predicted octanol–water partition coefficient (Wildman–Crippen LogP) is 3.95. The molecule has 3 rings (SSSR count). The van der Waals surface area contributed by atoms with Gasteiger partial charge in [-0.25, -0.2) is 4.79 Å². The van der Waals surface area contributed by atoms with Crippen LogP contribution in [0.2, 0.25) is 0 Å². The molecule has 7 heteroatoms. The van der Waals surface area contributed by atoms with Crippen molar-refractivity contribution in [3.63, 3.8) is 0 Å². The standard InChI is InChI=1S/C19H19N3O4/c1-24-18-11-16(17(25-18)12-21-22-20)26-19(23)15-9-7-14(8-10-15)13-5-3-2-4-6-13/h2-10,16-18H,11-12H2,1H3/t16-,17-,18-/m1/s1. The first kappa shape index (κ1) is 17.9. The Kier molecular flexibility index (Phi) is 5.86. The summed E-state index contributed by atoms with van der Waals surface area (Å²) in [6, 6.07) is 17.1. The molecular formula is C19H19N3O4. The second kappa shape index (κ2) is 8.49. The first-order chi connectivity index (χ1) is 12.7. The highest BCUT2D eigenvalue weighted by Gasteiger charge is 2.37. The minimum Gasteiger partial charge on any atom is -0.456 e. The summed E-state index contributed by atoms with van der Waals surface area (Å²) in [6.45, 7) is 0.0846. The molecule has 0 unspecified atom stereocenters.